The van der Waals surface area contributed by atoms with Crippen LogP contribution in [0, 0.1) is 5.92 Å². The quantitative estimate of drug-likeness (QED) is 0.603. The molecule has 0 saturated heterocycles. The van der Waals surface area contributed by atoms with Gasteiger partial charge in [0.05, 0.1) is 4.88 Å². The van der Waals surface area contributed by atoms with Crippen molar-refractivity contribution in [3.63, 3.8) is 0 Å². The highest BCUT2D eigenvalue weighted by molar-refractivity contribution is 7.12. The van der Waals surface area contributed by atoms with Gasteiger partial charge in [-0.2, -0.15) is 0 Å². The molecule has 0 aliphatic heterocycles. The lowest BCUT2D eigenvalue weighted by atomic mass is 10.1. The molecule has 6 heteroatoms. The summed E-state index contributed by atoms with van der Waals surface area (Å²) in [6.07, 6.45) is 1.71. The van der Waals surface area contributed by atoms with Gasteiger partial charge in [0.15, 0.2) is 0 Å². The third kappa shape index (κ3) is 6.68. The predicted octanol–water partition coefficient (Wildman–Crippen LogP) is 1.39. The van der Waals surface area contributed by atoms with Gasteiger partial charge < -0.3 is 15.7 Å². The van der Waals surface area contributed by atoms with Crippen molar-refractivity contribution in [1.29, 1.82) is 0 Å². The minimum absolute atomic E-state index is 0.0137. The summed E-state index contributed by atoms with van der Waals surface area (Å²) in [6.45, 7) is 3.21. The molecule has 1 atom stereocenters. The van der Waals surface area contributed by atoms with Crippen LogP contribution in [0.1, 0.15) is 35.9 Å². The van der Waals surface area contributed by atoms with E-state index >= 15 is 0 Å². The van der Waals surface area contributed by atoms with Crippen molar-refractivity contribution in [3.8, 4) is 0 Å². The number of aliphatic hydroxyl groups excluding tert-OH is 1. The van der Waals surface area contributed by atoms with Crippen LogP contribution in [0.5, 0.6) is 0 Å². The monoisotopic (exact) mass is 298 g/mol. The lowest BCUT2D eigenvalue weighted by Gasteiger charge is -2.11. The number of aliphatic hydroxyl groups is 1. The number of thiophene rings is 1. The Bertz CT molecular complexity index is 407. The van der Waals surface area contributed by atoms with E-state index in [4.69, 9.17) is 5.11 Å². The molecule has 1 aromatic rings. The molecule has 0 radical (unpaired) electrons. The van der Waals surface area contributed by atoms with E-state index in [1.54, 1.807) is 6.07 Å². The largest absolute Gasteiger partial charge is 0.396 e. The minimum Gasteiger partial charge on any atom is -0.396 e. The van der Waals surface area contributed by atoms with E-state index in [2.05, 4.69) is 10.6 Å². The molecule has 1 rings (SSSR count). The van der Waals surface area contributed by atoms with Crippen molar-refractivity contribution in [2.75, 3.05) is 19.7 Å². The van der Waals surface area contributed by atoms with Crippen LogP contribution >= 0.6 is 11.3 Å². The van der Waals surface area contributed by atoms with Gasteiger partial charge in [-0.25, -0.2) is 0 Å². The summed E-state index contributed by atoms with van der Waals surface area (Å²) in [4.78, 5) is 23.8. The number of rotatable bonds is 9. The van der Waals surface area contributed by atoms with Gasteiger partial charge in [0.2, 0.25) is 5.91 Å². The maximum Gasteiger partial charge on any atom is 0.261 e. The molecule has 1 aromatic heterocycles. The zero-order valence-corrected chi connectivity index (χ0v) is 12.5. The second-order valence-corrected chi connectivity index (χ2v) is 5.71. The number of hydrogen-bond donors (Lipinski definition) is 3. The Morgan fingerprint density at radius 1 is 1.40 bits per heavy atom. The van der Waals surface area contributed by atoms with Gasteiger partial charge in [-0.15, -0.1) is 11.3 Å². The number of nitrogens with one attached hydrogen (secondary N) is 2. The molecule has 0 fully saturated rings. The third-order valence-corrected chi connectivity index (χ3v) is 3.75. The van der Waals surface area contributed by atoms with Gasteiger partial charge in [0.1, 0.15) is 0 Å². The van der Waals surface area contributed by atoms with Crippen LogP contribution in [-0.2, 0) is 4.79 Å². The Morgan fingerprint density at radius 3 is 2.85 bits per heavy atom. The standard InChI is InChI=1S/C14H22N2O3S/c1-11(6-8-17)10-16-13(18)5-2-7-15-14(19)12-4-3-9-20-12/h3-4,9,11,17H,2,5-8,10H2,1H3,(H,15,19)(H,16,18). The summed E-state index contributed by atoms with van der Waals surface area (Å²) in [6, 6.07) is 3.61. The Kier molecular flexibility index (Phi) is 7.91. The number of carbonyl (C=O) groups is 2. The normalized spacial score (nSPS) is 11.9. The van der Waals surface area contributed by atoms with E-state index in [1.165, 1.54) is 11.3 Å². The van der Waals surface area contributed by atoms with Crippen LogP contribution in [0.3, 0.4) is 0 Å². The van der Waals surface area contributed by atoms with Crippen molar-refractivity contribution >= 4 is 23.2 Å². The highest BCUT2D eigenvalue weighted by atomic mass is 32.1. The molecule has 0 bridgehead atoms. The van der Waals surface area contributed by atoms with E-state index in [9.17, 15) is 9.59 Å². The fourth-order valence-corrected chi connectivity index (χ4v) is 2.28. The highest BCUT2D eigenvalue weighted by Crippen LogP contribution is 2.07. The van der Waals surface area contributed by atoms with E-state index in [0.29, 0.717) is 37.2 Å². The van der Waals surface area contributed by atoms with Crippen LogP contribution in [-0.4, -0.2) is 36.6 Å². The zero-order valence-electron chi connectivity index (χ0n) is 11.7. The maximum absolute atomic E-state index is 11.6. The Balaban J connectivity index is 2.06. The average Bonchev–Trinajstić information content (AvgIpc) is 2.95. The summed E-state index contributed by atoms with van der Waals surface area (Å²) in [5, 5.41) is 16.2. The van der Waals surface area contributed by atoms with Gasteiger partial charge in [0.25, 0.3) is 5.91 Å². The van der Waals surface area contributed by atoms with Crippen molar-refractivity contribution in [1.82, 2.24) is 10.6 Å². The predicted molar refractivity (Wildman–Crippen MR) is 79.8 cm³/mol. The molecule has 0 aliphatic rings. The average molecular weight is 298 g/mol. The van der Waals surface area contributed by atoms with Crippen molar-refractivity contribution in [2.24, 2.45) is 5.92 Å². The van der Waals surface area contributed by atoms with Crippen molar-refractivity contribution in [2.45, 2.75) is 26.2 Å². The smallest absolute Gasteiger partial charge is 0.261 e. The maximum atomic E-state index is 11.6. The molecule has 1 heterocycles. The molecule has 0 spiro atoms. The lowest BCUT2D eigenvalue weighted by molar-refractivity contribution is -0.121. The lowest BCUT2D eigenvalue weighted by Crippen LogP contribution is -2.30. The first-order chi connectivity index (χ1) is 9.63. The van der Waals surface area contributed by atoms with Crippen molar-refractivity contribution in [3.05, 3.63) is 22.4 Å². The van der Waals surface area contributed by atoms with Crippen molar-refractivity contribution < 1.29 is 14.7 Å². The second kappa shape index (κ2) is 9.50. The summed E-state index contributed by atoms with van der Waals surface area (Å²) in [7, 11) is 0. The van der Waals surface area contributed by atoms with Crippen LogP contribution in [0.2, 0.25) is 0 Å². The topological polar surface area (TPSA) is 78.4 Å². The van der Waals surface area contributed by atoms with E-state index in [1.807, 2.05) is 18.4 Å². The molecule has 20 heavy (non-hydrogen) atoms. The molecule has 0 aliphatic carbocycles. The van der Waals surface area contributed by atoms with Crippen LogP contribution in [0.4, 0.5) is 0 Å². The van der Waals surface area contributed by atoms with Gasteiger partial charge in [-0.1, -0.05) is 13.0 Å². The summed E-state index contributed by atoms with van der Waals surface area (Å²) < 4.78 is 0. The molecule has 3 N–H and O–H groups in total. The first-order valence-corrected chi connectivity index (χ1v) is 7.70. The zero-order chi connectivity index (χ0) is 14.8. The van der Waals surface area contributed by atoms with Gasteiger partial charge >= 0.3 is 0 Å². The van der Waals surface area contributed by atoms with Gasteiger partial charge in [-0.05, 0) is 30.2 Å². The molecule has 1 unspecified atom stereocenters. The highest BCUT2D eigenvalue weighted by Gasteiger charge is 2.07. The first-order valence-electron chi connectivity index (χ1n) is 6.82. The Labute approximate surface area is 123 Å². The molecule has 0 saturated carbocycles. The van der Waals surface area contributed by atoms with Crippen LogP contribution in [0.25, 0.3) is 0 Å². The van der Waals surface area contributed by atoms with Gasteiger partial charge in [0, 0.05) is 26.1 Å². The third-order valence-electron chi connectivity index (χ3n) is 2.88. The number of carbonyl (C=O) groups excluding carboxylic acids is 2. The molecular formula is C14H22N2O3S. The van der Waals surface area contributed by atoms with E-state index in [-0.39, 0.29) is 24.3 Å². The molecule has 0 aromatic carbocycles. The molecular weight excluding hydrogens is 276 g/mol. The fraction of sp³-hybridized carbons (Fsp3) is 0.571. The minimum atomic E-state index is -0.0861. The second-order valence-electron chi connectivity index (χ2n) is 4.76. The molecule has 112 valence electrons. The van der Waals surface area contributed by atoms with Crippen LogP contribution < -0.4 is 10.6 Å². The Hall–Kier alpha value is -1.40. The summed E-state index contributed by atoms with van der Waals surface area (Å²) in [5.74, 6) is 0.180. The number of amides is 2. The van der Waals surface area contributed by atoms with E-state index < -0.39 is 0 Å². The Morgan fingerprint density at radius 2 is 2.20 bits per heavy atom. The summed E-state index contributed by atoms with van der Waals surface area (Å²) in [5.41, 5.74) is 0. The van der Waals surface area contributed by atoms with E-state index in [0.717, 1.165) is 0 Å². The van der Waals surface area contributed by atoms with Crippen LogP contribution in [0.15, 0.2) is 17.5 Å². The number of hydrogen-bond acceptors (Lipinski definition) is 4. The molecule has 2 amide bonds. The van der Waals surface area contributed by atoms with Gasteiger partial charge in [-0.3, -0.25) is 9.59 Å². The first kappa shape index (κ1) is 16.7. The summed E-state index contributed by atoms with van der Waals surface area (Å²) >= 11 is 1.40. The molecule has 5 nitrogen and oxygen atoms in total. The fourth-order valence-electron chi connectivity index (χ4n) is 1.64. The SMILES string of the molecule is CC(CCO)CNC(=O)CCCNC(=O)c1cccs1.